The molecular formula is C26H24N2O2. The van der Waals surface area contributed by atoms with Crippen LogP contribution in [0.4, 0.5) is 11.4 Å². The van der Waals surface area contributed by atoms with Crippen LogP contribution in [0.1, 0.15) is 34.0 Å². The van der Waals surface area contributed by atoms with Gasteiger partial charge in [0.2, 0.25) is 0 Å². The number of benzene rings is 3. The predicted molar refractivity (Wildman–Crippen MR) is 122 cm³/mol. The van der Waals surface area contributed by atoms with Gasteiger partial charge in [0.25, 0.3) is 11.8 Å². The molecule has 0 unspecified atom stereocenters. The lowest BCUT2D eigenvalue weighted by Crippen LogP contribution is -2.42. The fraction of sp³-hybridized carbons (Fsp3) is 0.154. The maximum atomic E-state index is 13.6. The van der Waals surface area contributed by atoms with Gasteiger partial charge in [-0.25, -0.2) is 4.90 Å². The Bertz CT molecular complexity index is 1150. The summed E-state index contributed by atoms with van der Waals surface area (Å²) in [6.45, 7) is 6.65. The van der Waals surface area contributed by atoms with E-state index in [0.717, 1.165) is 16.8 Å². The zero-order chi connectivity index (χ0) is 21.3. The number of para-hydroxylation sites is 1. The molecule has 1 aliphatic heterocycles. The van der Waals surface area contributed by atoms with Crippen LogP contribution in [0.25, 0.3) is 5.57 Å². The molecule has 0 saturated carbocycles. The van der Waals surface area contributed by atoms with Crippen LogP contribution in [-0.4, -0.2) is 18.4 Å². The van der Waals surface area contributed by atoms with E-state index in [4.69, 9.17) is 0 Å². The quantitative estimate of drug-likeness (QED) is 0.440. The number of fused-ring (bicyclic) bond motifs is 1. The fourth-order valence-electron chi connectivity index (χ4n) is 3.88. The van der Waals surface area contributed by atoms with Gasteiger partial charge in [0.15, 0.2) is 0 Å². The first kappa shape index (κ1) is 19.6. The lowest BCUT2D eigenvalue weighted by Gasteiger charge is -2.31. The number of nitrogens with zero attached hydrogens (tertiary/aromatic N) is 2. The molecule has 150 valence electrons. The molecule has 4 rings (SSSR count). The van der Waals surface area contributed by atoms with Gasteiger partial charge in [-0.1, -0.05) is 54.1 Å². The van der Waals surface area contributed by atoms with Crippen LogP contribution in [0.5, 0.6) is 0 Å². The molecule has 0 N–H and O–H groups in total. The number of hydrogen-bond acceptors (Lipinski definition) is 3. The highest BCUT2D eigenvalue weighted by atomic mass is 16.2. The van der Waals surface area contributed by atoms with Crippen LogP contribution in [0.15, 0.2) is 79.0 Å². The second kappa shape index (κ2) is 7.99. The highest BCUT2D eigenvalue weighted by molar-refractivity contribution is 6.41. The van der Waals surface area contributed by atoms with E-state index in [1.165, 1.54) is 4.90 Å². The van der Waals surface area contributed by atoms with Crippen molar-refractivity contribution >= 4 is 28.8 Å². The number of carbonyl (C=O) groups excluding carboxylic acids is 2. The molecule has 0 aromatic heterocycles. The third kappa shape index (κ3) is 3.41. The van der Waals surface area contributed by atoms with Gasteiger partial charge in [0, 0.05) is 29.6 Å². The normalized spacial score (nSPS) is 14.8. The Morgan fingerprint density at radius 2 is 1.50 bits per heavy atom. The Morgan fingerprint density at radius 3 is 2.17 bits per heavy atom. The molecule has 0 radical (unpaired) electrons. The maximum Gasteiger partial charge on any atom is 0.267 e. The van der Waals surface area contributed by atoms with Gasteiger partial charge >= 0.3 is 0 Å². The molecule has 1 heterocycles. The van der Waals surface area contributed by atoms with Crippen LogP contribution in [0.3, 0.4) is 0 Å². The number of aryl methyl sites for hydroxylation is 2. The van der Waals surface area contributed by atoms with Crippen molar-refractivity contribution in [3.05, 3.63) is 101 Å². The Hall–Kier alpha value is -3.66. The number of anilines is 2. The van der Waals surface area contributed by atoms with Crippen molar-refractivity contribution in [1.29, 1.82) is 0 Å². The van der Waals surface area contributed by atoms with Crippen molar-refractivity contribution in [2.24, 2.45) is 0 Å². The van der Waals surface area contributed by atoms with E-state index in [0.29, 0.717) is 28.9 Å². The summed E-state index contributed by atoms with van der Waals surface area (Å²) >= 11 is 0. The molecule has 1 aliphatic rings. The largest absolute Gasteiger partial charge is 0.347 e. The highest BCUT2D eigenvalue weighted by Crippen LogP contribution is 2.34. The zero-order valence-electron chi connectivity index (χ0n) is 17.4. The van der Waals surface area contributed by atoms with Gasteiger partial charge in [0.05, 0.1) is 11.3 Å². The third-order valence-electron chi connectivity index (χ3n) is 5.39. The summed E-state index contributed by atoms with van der Waals surface area (Å²) in [6.07, 6.45) is 1.86. The van der Waals surface area contributed by atoms with Crippen LogP contribution in [0.2, 0.25) is 0 Å². The first-order valence-corrected chi connectivity index (χ1v) is 10.1. The molecule has 2 amide bonds. The number of carbonyl (C=O) groups is 2. The van der Waals surface area contributed by atoms with Gasteiger partial charge in [-0.05, 0) is 50.6 Å². The lowest BCUT2D eigenvalue weighted by atomic mass is 9.93. The molecule has 3 aromatic carbocycles. The van der Waals surface area contributed by atoms with E-state index < -0.39 is 0 Å². The summed E-state index contributed by atoms with van der Waals surface area (Å²) in [4.78, 5) is 30.3. The minimum absolute atomic E-state index is 0.289. The number of rotatable bonds is 4. The Labute approximate surface area is 177 Å². The van der Waals surface area contributed by atoms with Crippen LogP contribution < -0.4 is 9.80 Å². The maximum absolute atomic E-state index is 13.6. The number of hydrogen-bond donors (Lipinski definition) is 0. The van der Waals surface area contributed by atoms with E-state index in [2.05, 4.69) is 0 Å². The average molecular weight is 396 g/mol. The van der Waals surface area contributed by atoms with Crippen molar-refractivity contribution in [3.8, 4) is 0 Å². The summed E-state index contributed by atoms with van der Waals surface area (Å²) in [5.41, 5.74) is 5.31. The molecular weight excluding hydrogens is 372 g/mol. The van der Waals surface area contributed by atoms with E-state index in [1.54, 1.807) is 6.07 Å². The number of amides is 2. The highest BCUT2D eigenvalue weighted by Gasteiger charge is 2.36. The molecule has 4 heteroatoms. The average Bonchev–Trinajstić information content (AvgIpc) is 2.76. The van der Waals surface area contributed by atoms with Gasteiger partial charge in [-0.3, -0.25) is 9.59 Å². The SMILES string of the molecule is CCN(C=C1C(=O)N(c2ccc(C)cc2C)C(=O)c2ccccc21)c1ccccc1. The Morgan fingerprint density at radius 1 is 0.833 bits per heavy atom. The molecule has 0 atom stereocenters. The second-order valence-corrected chi connectivity index (χ2v) is 7.45. The van der Waals surface area contributed by atoms with E-state index in [-0.39, 0.29) is 11.8 Å². The summed E-state index contributed by atoms with van der Waals surface area (Å²) in [6, 6.07) is 23.0. The van der Waals surface area contributed by atoms with Gasteiger partial charge in [0.1, 0.15) is 0 Å². The molecule has 0 fully saturated rings. The van der Waals surface area contributed by atoms with Crippen LogP contribution in [-0.2, 0) is 4.79 Å². The molecule has 0 spiro atoms. The van der Waals surface area contributed by atoms with Crippen molar-refractivity contribution in [3.63, 3.8) is 0 Å². The Balaban J connectivity index is 1.88. The standard InChI is InChI=1S/C26H24N2O2/c1-4-27(20-10-6-5-7-11-20)17-23-21-12-8-9-13-22(21)25(29)28(26(23)30)24-15-14-18(2)16-19(24)3/h5-17H,4H2,1-3H3. The van der Waals surface area contributed by atoms with Crippen molar-refractivity contribution in [1.82, 2.24) is 0 Å². The topological polar surface area (TPSA) is 40.6 Å². The minimum Gasteiger partial charge on any atom is -0.347 e. The molecule has 30 heavy (non-hydrogen) atoms. The number of imide groups is 1. The lowest BCUT2D eigenvalue weighted by molar-refractivity contribution is -0.112. The van der Waals surface area contributed by atoms with Crippen molar-refractivity contribution < 1.29 is 9.59 Å². The first-order chi connectivity index (χ1) is 14.5. The third-order valence-corrected chi connectivity index (χ3v) is 5.39. The summed E-state index contributed by atoms with van der Waals surface area (Å²) < 4.78 is 0. The fourth-order valence-corrected chi connectivity index (χ4v) is 3.88. The van der Waals surface area contributed by atoms with Crippen LogP contribution >= 0.6 is 0 Å². The minimum atomic E-state index is -0.306. The van der Waals surface area contributed by atoms with Gasteiger partial charge in [-0.15, -0.1) is 0 Å². The first-order valence-electron chi connectivity index (χ1n) is 10.1. The van der Waals surface area contributed by atoms with E-state index in [9.17, 15) is 9.59 Å². The molecule has 4 nitrogen and oxygen atoms in total. The van der Waals surface area contributed by atoms with E-state index >= 15 is 0 Å². The monoisotopic (exact) mass is 396 g/mol. The Kier molecular flexibility index (Phi) is 5.23. The molecule has 0 aliphatic carbocycles. The smallest absolute Gasteiger partial charge is 0.267 e. The van der Waals surface area contributed by atoms with Crippen molar-refractivity contribution in [2.75, 3.05) is 16.3 Å². The van der Waals surface area contributed by atoms with Crippen LogP contribution in [0, 0.1) is 13.8 Å². The predicted octanol–water partition coefficient (Wildman–Crippen LogP) is 5.36. The van der Waals surface area contributed by atoms with Gasteiger partial charge < -0.3 is 4.90 Å². The van der Waals surface area contributed by atoms with E-state index in [1.807, 2.05) is 98.6 Å². The molecule has 0 bridgehead atoms. The van der Waals surface area contributed by atoms with Crippen molar-refractivity contribution in [2.45, 2.75) is 20.8 Å². The summed E-state index contributed by atoms with van der Waals surface area (Å²) in [5, 5.41) is 0. The summed E-state index contributed by atoms with van der Waals surface area (Å²) in [7, 11) is 0. The molecule has 3 aromatic rings. The zero-order valence-corrected chi connectivity index (χ0v) is 17.4. The summed E-state index contributed by atoms with van der Waals surface area (Å²) in [5.74, 6) is -0.595. The second-order valence-electron chi connectivity index (χ2n) is 7.45. The molecule has 0 saturated heterocycles. The van der Waals surface area contributed by atoms with Gasteiger partial charge in [-0.2, -0.15) is 0 Å².